The normalized spacial score (nSPS) is 21.8. The summed E-state index contributed by atoms with van der Waals surface area (Å²) in [6.45, 7) is 4.51. The number of likely N-dealkylation sites (tertiary alicyclic amines) is 1. The van der Waals surface area contributed by atoms with E-state index in [1.54, 1.807) is 6.07 Å². The number of halogens is 1. The molecule has 4 rings (SSSR count). The summed E-state index contributed by atoms with van der Waals surface area (Å²) in [7, 11) is 0. The number of thioether (sulfide) groups is 1. The minimum atomic E-state index is -0.132. The van der Waals surface area contributed by atoms with Gasteiger partial charge in [0.25, 0.3) is 0 Å². The smallest absolute Gasteiger partial charge is 0.159 e. The molecule has 1 N–H and O–H groups in total. The highest BCUT2D eigenvalue weighted by Crippen LogP contribution is 2.53. The summed E-state index contributed by atoms with van der Waals surface area (Å²) in [6, 6.07) is 14.1. The lowest BCUT2D eigenvalue weighted by atomic mass is 10.0. The van der Waals surface area contributed by atoms with Crippen LogP contribution in [-0.4, -0.2) is 27.7 Å². The van der Waals surface area contributed by atoms with Crippen LogP contribution in [0.2, 0.25) is 0 Å². The number of hydrogen-bond acceptors (Lipinski definition) is 4. The number of hydrogen-bond donors (Lipinski definition) is 1. The molecule has 2 aromatic carbocycles. The number of unbranched alkanes of at least 4 members (excludes halogenated alkanes) is 2. The molecule has 3 nitrogen and oxygen atoms in total. The van der Waals surface area contributed by atoms with Crippen LogP contribution in [0, 0.1) is 5.82 Å². The number of nitrogens with zero attached hydrogens (tertiary/aromatic N) is 1. The van der Waals surface area contributed by atoms with Crippen LogP contribution >= 0.6 is 11.8 Å². The second-order valence-electron chi connectivity index (χ2n) is 9.56. The highest BCUT2D eigenvalue weighted by atomic mass is 32.2. The summed E-state index contributed by atoms with van der Waals surface area (Å²) in [5, 5.41) is 10.2. The molecule has 0 radical (unpaired) electrons. The van der Waals surface area contributed by atoms with Gasteiger partial charge in [0, 0.05) is 12.1 Å². The van der Waals surface area contributed by atoms with Gasteiger partial charge < -0.3 is 9.84 Å². The van der Waals surface area contributed by atoms with Crippen molar-refractivity contribution in [1.29, 1.82) is 0 Å². The van der Waals surface area contributed by atoms with Crippen LogP contribution in [0.25, 0.3) is 0 Å². The zero-order valence-electron chi connectivity index (χ0n) is 20.1. The Hall–Kier alpha value is -1.56. The predicted molar refractivity (Wildman–Crippen MR) is 134 cm³/mol. The minimum absolute atomic E-state index is 0.0320. The first kappa shape index (κ1) is 24.6. The zero-order chi connectivity index (χ0) is 23.3. The molecule has 0 amide bonds. The summed E-state index contributed by atoms with van der Waals surface area (Å²) >= 11 is 1.91. The van der Waals surface area contributed by atoms with Gasteiger partial charge in [0.05, 0.1) is 11.6 Å². The molecule has 2 atom stereocenters. The van der Waals surface area contributed by atoms with Crippen LogP contribution in [-0.2, 0) is 6.42 Å². The van der Waals surface area contributed by atoms with E-state index in [0.29, 0.717) is 6.42 Å². The molecule has 0 saturated carbocycles. The highest BCUT2D eigenvalue weighted by Gasteiger charge is 2.40. The fourth-order valence-corrected chi connectivity index (χ4v) is 6.81. The Labute approximate surface area is 202 Å². The van der Waals surface area contributed by atoms with Crippen LogP contribution < -0.4 is 4.74 Å². The second-order valence-corrected chi connectivity index (χ2v) is 10.9. The number of fused-ring (bicyclic) bond motifs is 1. The fourth-order valence-electron chi connectivity index (χ4n) is 5.38. The summed E-state index contributed by atoms with van der Waals surface area (Å²) in [6.07, 6.45) is 10.5. The fraction of sp³-hybridized carbons (Fsp3) is 0.571. The lowest BCUT2D eigenvalue weighted by Gasteiger charge is -2.28. The average Bonchev–Trinajstić information content (AvgIpc) is 3.41. The Morgan fingerprint density at radius 2 is 1.85 bits per heavy atom. The third kappa shape index (κ3) is 5.58. The van der Waals surface area contributed by atoms with Gasteiger partial charge in [0.1, 0.15) is 11.6 Å². The minimum Gasteiger partial charge on any atom is -0.475 e. The number of benzene rings is 2. The largest absolute Gasteiger partial charge is 0.475 e. The van der Waals surface area contributed by atoms with Gasteiger partial charge in [-0.25, -0.2) is 4.39 Å². The van der Waals surface area contributed by atoms with E-state index in [0.717, 1.165) is 43.4 Å². The van der Waals surface area contributed by atoms with E-state index in [1.807, 2.05) is 23.9 Å². The molecule has 2 heterocycles. The number of rotatable bonds is 11. The van der Waals surface area contributed by atoms with E-state index in [1.165, 1.54) is 42.2 Å². The molecule has 5 heteroatoms. The van der Waals surface area contributed by atoms with Gasteiger partial charge in [0.15, 0.2) is 4.93 Å². The van der Waals surface area contributed by atoms with Gasteiger partial charge in [-0.3, -0.25) is 4.90 Å². The molecule has 1 saturated heterocycles. The number of aliphatic hydroxyl groups is 1. The van der Waals surface area contributed by atoms with Gasteiger partial charge in [-0.05, 0) is 80.7 Å². The quantitative estimate of drug-likeness (QED) is 0.368. The van der Waals surface area contributed by atoms with Crippen molar-refractivity contribution in [2.75, 3.05) is 6.73 Å². The van der Waals surface area contributed by atoms with Gasteiger partial charge in [-0.1, -0.05) is 62.7 Å². The molecule has 0 spiro atoms. The molecule has 2 aliphatic rings. The van der Waals surface area contributed by atoms with Crippen LogP contribution in [0.3, 0.4) is 0 Å². The highest BCUT2D eigenvalue weighted by molar-refractivity contribution is 8.00. The Kier molecular flexibility index (Phi) is 8.37. The molecule has 0 aromatic heterocycles. The lowest BCUT2D eigenvalue weighted by Crippen LogP contribution is -2.33. The van der Waals surface area contributed by atoms with Crippen molar-refractivity contribution in [3.63, 3.8) is 0 Å². The van der Waals surface area contributed by atoms with Crippen molar-refractivity contribution in [1.82, 2.24) is 4.90 Å². The Morgan fingerprint density at radius 1 is 1.09 bits per heavy atom. The summed E-state index contributed by atoms with van der Waals surface area (Å²) in [4.78, 5) is 3.32. The van der Waals surface area contributed by atoms with Crippen LogP contribution in [0.5, 0.6) is 5.75 Å². The molecular weight excluding hydrogens is 433 g/mol. The molecule has 2 aromatic rings. The molecule has 0 aliphatic carbocycles. The van der Waals surface area contributed by atoms with Crippen molar-refractivity contribution >= 4 is 11.8 Å². The van der Waals surface area contributed by atoms with Gasteiger partial charge >= 0.3 is 0 Å². The second kappa shape index (κ2) is 11.2. The lowest BCUT2D eigenvalue weighted by molar-refractivity contribution is 0.0595. The number of aliphatic hydroxyl groups excluding tert-OH is 1. The third-order valence-corrected chi connectivity index (χ3v) is 8.68. The van der Waals surface area contributed by atoms with Gasteiger partial charge in [-0.2, -0.15) is 0 Å². The SMILES string of the molecule is CCCCC1(CCCC)Oc2ccc(C3CCC(CCc4ccccc4F)N3CO)cc2S1. The monoisotopic (exact) mass is 471 g/mol. The van der Waals surface area contributed by atoms with Gasteiger partial charge in [-0.15, -0.1) is 0 Å². The molecule has 180 valence electrons. The summed E-state index contributed by atoms with van der Waals surface area (Å²) in [5.41, 5.74) is 2.02. The van der Waals surface area contributed by atoms with Crippen molar-refractivity contribution in [3.05, 3.63) is 59.4 Å². The maximum atomic E-state index is 14.1. The van der Waals surface area contributed by atoms with Crippen molar-refractivity contribution < 1.29 is 14.2 Å². The molecule has 2 unspecified atom stereocenters. The molecular formula is C28H38FNO2S. The molecule has 1 fully saturated rings. The van der Waals surface area contributed by atoms with Crippen molar-refractivity contribution in [2.45, 2.75) is 100.0 Å². The Morgan fingerprint density at radius 3 is 2.55 bits per heavy atom. The van der Waals surface area contributed by atoms with Crippen molar-refractivity contribution in [2.24, 2.45) is 0 Å². The molecule has 33 heavy (non-hydrogen) atoms. The third-order valence-electron chi connectivity index (χ3n) is 7.28. The summed E-state index contributed by atoms with van der Waals surface area (Å²) in [5.74, 6) is 0.883. The summed E-state index contributed by atoms with van der Waals surface area (Å²) < 4.78 is 20.6. The topological polar surface area (TPSA) is 32.7 Å². The first-order valence-electron chi connectivity index (χ1n) is 12.7. The van der Waals surface area contributed by atoms with E-state index in [4.69, 9.17) is 4.74 Å². The van der Waals surface area contributed by atoms with Crippen LogP contribution in [0.1, 0.15) is 88.8 Å². The number of aryl methyl sites for hydroxylation is 1. The van der Waals surface area contributed by atoms with E-state index in [-0.39, 0.29) is 29.6 Å². The van der Waals surface area contributed by atoms with Crippen molar-refractivity contribution in [3.8, 4) is 5.75 Å². The van der Waals surface area contributed by atoms with E-state index in [9.17, 15) is 9.50 Å². The van der Waals surface area contributed by atoms with E-state index < -0.39 is 0 Å². The number of ether oxygens (including phenoxy) is 1. The maximum Gasteiger partial charge on any atom is 0.159 e. The Bertz CT molecular complexity index is 913. The Balaban J connectivity index is 1.45. The first-order chi connectivity index (χ1) is 16.1. The molecule has 0 bridgehead atoms. The standard InChI is InChI=1S/C28H38FNO2S/c1-3-5-17-28(18-6-4-2)32-26-16-12-22(19-27(26)33-28)25-15-14-23(30(25)20-31)13-11-21-9-7-8-10-24(21)29/h7-10,12,16,19,23,25,31H,3-6,11,13-15,17-18,20H2,1-2H3. The van der Waals surface area contributed by atoms with Crippen LogP contribution in [0.15, 0.2) is 47.4 Å². The van der Waals surface area contributed by atoms with Gasteiger partial charge in [0.2, 0.25) is 0 Å². The molecule has 2 aliphatic heterocycles. The maximum absolute atomic E-state index is 14.1. The van der Waals surface area contributed by atoms with Crippen LogP contribution in [0.4, 0.5) is 4.39 Å². The average molecular weight is 472 g/mol. The predicted octanol–water partition coefficient (Wildman–Crippen LogP) is 7.48. The van der Waals surface area contributed by atoms with E-state index >= 15 is 0 Å². The zero-order valence-corrected chi connectivity index (χ0v) is 20.9. The van der Waals surface area contributed by atoms with E-state index in [2.05, 4.69) is 36.9 Å². The first-order valence-corrected chi connectivity index (χ1v) is 13.5.